The van der Waals surface area contributed by atoms with Crippen molar-refractivity contribution in [3.05, 3.63) is 89.6 Å². The molecule has 6 unspecified atom stereocenters. The molecule has 6 bridgehead atoms. The van der Waals surface area contributed by atoms with Gasteiger partial charge in [0.1, 0.15) is 0 Å². The molecule has 0 spiro atoms. The highest BCUT2D eigenvalue weighted by atomic mass is 14.4. The van der Waals surface area contributed by atoms with Crippen LogP contribution in [0.4, 0.5) is 0 Å². The molecule has 0 fully saturated rings. The lowest BCUT2D eigenvalue weighted by Gasteiger charge is -2.19. The lowest BCUT2D eigenvalue weighted by Crippen LogP contribution is -2.01. The van der Waals surface area contributed by atoms with E-state index in [9.17, 15) is 0 Å². The van der Waals surface area contributed by atoms with Gasteiger partial charge in [-0.1, -0.05) is 54.7 Å². The van der Waals surface area contributed by atoms with Crippen molar-refractivity contribution in [3.8, 4) is 0 Å². The van der Waals surface area contributed by atoms with Crippen molar-refractivity contribution in [1.82, 2.24) is 0 Å². The van der Waals surface area contributed by atoms with E-state index in [0.29, 0.717) is 35.5 Å². The van der Waals surface area contributed by atoms with E-state index in [0.717, 1.165) is 0 Å². The maximum absolute atomic E-state index is 2.53. The van der Waals surface area contributed by atoms with Gasteiger partial charge in [-0.05, 0) is 88.6 Å². The molecule has 6 aliphatic rings. The van der Waals surface area contributed by atoms with Gasteiger partial charge in [-0.2, -0.15) is 0 Å². The third-order valence-electron chi connectivity index (χ3n) is 7.66. The zero-order valence-corrected chi connectivity index (χ0v) is 15.5. The van der Waals surface area contributed by atoms with Crippen LogP contribution in [0.2, 0.25) is 0 Å². The van der Waals surface area contributed by atoms with Crippen molar-refractivity contribution in [3.63, 3.8) is 0 Å². The topological polar surface area (TPSA) is 0 Å². The summed E-state index contributed by atoms with van der Waals surface area (Å²) < 4.78 is 0. The second-order valence-corrected chi connectivity index (χ2v) is 9.34. The van der Waals surface area contributed by atoms with E-state index in [1.807, 2.05) is 0 Å². The predicted octanol–water partition coefficient (Wildman–Crippen LogP) is 6.45. The fourth-order valence-electron chi connectivity index (χ4n) is 6.37. The van der Waals surface area contributed by atoms with Gasteiger partial charge >= 0.3 is 0 Å². The molecule has 0 saturated carbocycles. The summed E-state index contributed by atoms with van der Waals surface area (Å²) in [5, 5.41) is 0. The highest BCUT2D eigenvalue weighted by Gasteiger charge is 2.33. The van der Waals surface area contributed by atoms with Crippen LogP contribution in [0.3, 0.4) is 0 Å². The van der Waals surface area contributed by atoms with Gasteiger partial charge in [-0.3, -0.25) is 0 Å². The van der Waals surface area contributed by atoms with Crippen LogP contribution >= 0.6 is 0 Å². The molecule has 0 aromatic heterocycles. The summed E-state index contributed by atoms with van der Waals surface area (Å²) in [6, 6.07) is 7.48. The van der Waals surface area contributed by atoms with Gasteiger partial charge in [0, 0.05) is 17.8 Å². The largest absolute Gasteiger partial charge is 0.0810 e. The number of benzene rings is 1. The Hall–Kier alpha value is -2.34. The van der Waals surface area contributed by atoms with Crippen LogP contribution in [-0.4, -0.2) is 0 Å². The second-order valence-electron chi connectivity index (χ2n) is 9.34. The maximum atomic E-state index is 2.53. The molecular weight excluding hydrogens is 324 g/mol. The first-order valence-electron chi connectivity index (χ1n) is 10.7. The Bertz CT molecular complexity index is 892. The van der Waals surface area contributed by atoms with Gasteiger partial charge in [0.05, 0.1) is 0 Å². The Morgan fingerprint density at radius 3 is 1.00 bits per heavy atom. The Morgan fingerprint density at radius 2 is 0.778 bits per heavy atom. The van der Waals surface area contributed by atoms with Crippen LogP contribution in [0.1, 0.15) is 36.0 Å². The zero-order valence-electron chi connectivity index (χ0n) is 15.5. The van der Waals surface area contributed by atoms with Crippen LogP contribution in [0.25, 0.3) is 16.7 Å². The fraction of sp³-hybridized carbons (Fsp3) is 0.333. The molecule has 0 amide bonds. The molecule has 27 heavy (non-hydrogen) atoms. The molecule has 132 valence electrons. The van der Waals surface area contributed by atoms with Gasteiger partial charge in [-0.15, -0.1) is 0 Å². The molecule has 0 aliphatic heterocycles. The summed E-state index contributed by atoms with van der Waals surface area (Å²) in [6.07, 6.45) is 25.9. The van der Waals surface area contributed by atoms with Crippen molar-refractivity contribution in [2.75, 3.05) is 0 Å². The molecule has 7 rings (SSSR count). The molecule has 0 heteroatoms. The van der Waals surface area contributed by atoms with Crippen molar-refractivity contribution >= 4 is 16.7 Å². The lowest BCUT2D eigenvalue weighted by atomic mass is 9.85. The normalized spacial score (nSPS) is 38.9. The first kappa shape index (κ1) is 14.7. The van der Waals surface area contributed by atoms with E-state index in [4.69, 9.17) is 0 Å². The summed E-state index contributed by atoms with van der Waals surface area (Å²) >= 11 is 0. The van der Waals surface area contributed by atoms with Crippen molar-refractivity contribution in [1.29, 1.82) is 0 Å². The quantitative estimate of drug-likeness (QED) is 0.550. The second kappa shape index (κ2) is 5.13. The molecule has 1 aromatic carbocycles. The highest BCUT2D eigenvalue weighted by molar-refractivity contribution is 5.84. The summed E-state index contributed by atoms with van der Waals surface area (Å²) in [5.41, 5.74) is 9.14. The van der Waals surface area contributed by atoms with Crippen LogP contribution in [-0.2, 0) is 0 Å². The average molecular weight is 348 g/mol. The number of hydrogen-bond acceptors (Lipinski definition) is 0. The Kier molecular flexibility index (Phi) is 2.79. The average Bonchev–Trinajstić information content (AvgIpc) is 3.52. The summed E-state index contributed by atoms with van der Waals surface area (Å²) in [7, 11) is 0. The number of allylic oxidation sites excluding steroid dienone is 12. The molecular formula is C27H24. The standard InChI is InChI=1S/C27H24/c1-4-19-7-16(1)10-25(19)22-13-23(26-11-17-2-5-20(26)8-17)15-24(14-22)27-12-18-3-6-21(27)9-18/h1-6,10-21H,7-9H2. The first-order chi connectivity index (χ1) is 13.3. The molecule has 1 aromatic rings. The number of fused-ring (bicyclic) bond motifs is 6. The summed E-state index contributed by atoms with van der Waals surface area (Å²) in [5.74, 6) is 3.94. The fourth-order valence-corrected chi connectivity index (χ4v) is 6.37. The van der Waals surface area contributed by atoms with E-state index >= 15 is 0 Å². The number of hydrogen-bond donors (Lipinski definition) is 0. The molecule has 6 atom stereocenters. The van der Waals surface area contributed by atoms with Crippen LogP contribution in [0.5, 0.6) is 0 Å². The first-order valence-corrected chi connectivity index (χ1v) is 10.7. The van der Waals surface area contributed by atoms with E-state index in [-0.39, 0.29) is 0 Å². The monoisotopic (exact) mass is 348 g/mol. The van der Waals surface area contributed by atoms with Crippen molar-refractivity contribution < 1.29 is 0 Å². The predicted molar refractivity (Wildman–Crippen MR) is 113 cm³/mol. The Labute approximate surface area is 161 Å². The van der Waals surface area contributed by atoms with Gasteiger partial charge in [0.15, 0.2) is 0 Å². The zero-order chi connectivity index (χ0) is 17.5. The third-order valence-corrected chi connectivity index (χ3v) is 7.66. The minimum Gasteiger partial charge on any atom is -0.0810 e. The molecule has 0 nitrogen and oxygen atoms in total. The minimum absolute atomic E-state index is 0.640. The number of rotatable bonds is 3. The molecule has 0 N–H and O–H groups in total. The summed E-state index contributed by atoms with van der Waals surface area (Å²) in [6.45, 7) is 0. The van der Waals surface area contributed by atoms with E-state index < -0.39 is 0 Å². The Balaban J connectivity index is 1.36. The maximum Gasteiger partial charge on any atom is 0.00297 e. The van der Waals surface area contributed by atoms with Crippen molar-refractivity contribution in [2.24, 2.45) is 35.5 Å². The van der Waals surface area contributed by atoms with Gasteiger partial charge in [0.2, 0.25) is 0 Å². The SMILES string of the molecule is C1=CC2CC1C=C2c1cc(C2=CC3C=CC2C3)cc(C2=CC3C=CC2C3)c1. The third kappa shape index (κ3) is 2.10. The van der Waals surface area contributed by atoms with E-state index in [2.05, 4.69) is 72.9 Å². The van der Waals surface area contributed by atoms with Crippen LogP contribution in [0.15, 0.2) is 72.9 Å². The lowest BCUT2D eigenvalue weighted by molar-refractivity contribution is 0.736. The summed E-state index contributed by atoms with van der Waals surface area (Å²) in [4.78, 5) is 0. The van der Waals surface area contributed by atoms with Gasteiger partial charge < -0.3 is 0 Å². The van der Waals surface area contributed by atoms with Crippen molar-refractivity contribution in [2.45, 2.75) is 19.3 Å². The van der Waals surface area contributed by atoms with E-state index in [1.165, 1.54) is 36.0 Å². The minimum atomic E-state index is 0.640. The molecule has 6 aliphatic carbocycles. The highest BCUT2D eigenvalue weighted by Crippen LogP contribution is 2.49. The smallest absolute Gasteiger partial charge is 0.00297 e. The van der Waals surface area contributed by atoms with Gasteiger partial charge in [-0.25, -0.2) is 0 Å². The van der Waals surface area contributed by atoms with Gasteiger partial charge in [0.25, 0.3) is 0 Å². The molecule has 0 radical (unpaired) electrons. The van der Waals surface area contributed by atoms with Crippen LogP contribution in [0, 0.1) is 35.5 Å². The van der Waals surface area contributed by atoms with Crippen LogP contribution < -0.4 is 0 Å². The molecule has 0 saturated heterocycles. The van der Waals surface area contributed by atoms with E-state index in [1.54, 1.807) is 16.7 Å². The molecule has 0 heterocycles. The Morgan fingerprint density at radius 1 is 0.444 bits per heavy atom.